The number of nitro groups is 1. The molecule has 0 aliphatic rings. The third kappa shape index (κ3) is 4.81. The van der Waals surface area contributed by atoms with Crippen molar-refractivity contribution in [3.63, 3.8) is 0 Å². The van der Waals surface area contributed by atoms with E-state index in [1.54, 1.807) is 24.3 Å². The molecule has 0 atom stereocenters. The fourth-order valence-electron chi connectivity index (χ4n) is 3.02. The second-order valence-electron chi connectivity index (χ2n) is 6.80. The van der Waals surface area contributed by atoms with Crippen LogP contribution < -0.4 is 4.74 Å². The molecular weight excluding hydrogens is 415 g/mol. The predicted octanol–water partition coefficient (Wildman–Crippen LogP) is 5.59. The molecule has 0 spiro atoms. The van der Waals surface area contributed by atoms with Crippen LogP contribution in [0.5, 0.6) is 5.75 Å². The van der Waals surface area contributed by atoms with Gasteiger partial charge in [0.15, 0.2) is 11.5 Å². The Labute approximate surface area is 182 Å². The van der Waals surface area contributed by atoms with Gasteiger partial charge in [-0.25, -0.2) is 4.39 Å². The van der Waals surface area contributed by atoms with Crippen LogP contribution in [0.25, 0.3) is 11.8 Å². The fraction of sp³-hybridized carbons (Fsp3) is 0.0417. The van der Waals surface area contributed by atoms with Crippen molar-refractivity contribution in [2.75, 3.05) is 0 Å². The molecule has 4 rings (SSSR count). The standard InChI is InChI=1S/C24H17FN2O5/c25-18-5-11-22(27(29)30)24(15-18)31-16-21-9-8-20(32-21)10-12-23(28)17-3-6-19(7-4-17)26-13-1-2-14-26/h1-15H,16H2/b12-10+. The molecule has 0 saturated heterocycles. The molecule has 4 aromatic rings. The maximum Gasteiger partial charge on any atom is 0.311 e. The number of carbonyl (C=O) groups is 1. The zero-order valence-corrected chi connectivity index (χ0v) is 16.7. The average Bonchev–Trinajstić information content (AvgIpc) is 3.48. The average molecular weight is 432 g/mol. The van der Waals surface area contributed by atoms with Gasteiger partial charge in [0.05, 0.1) is 4.92 Å². The lowest BCUT2D eigenvalue weighted by atomic mass is 10.1. The summed E-state index contributed by atoms with van der Waals surface area (Å²) in [6, 6.07) is 17.3. The Bertz CT molecular complexity index is 1270. The van der Waals surface area contributed by atoms with Crippen molar-refractivity contribution in [1.82, 2.24) is 4.57 Å². The summed E-state index contributed by atoms with van der Waals surface area (Å²) in [5.74, 6) is -0.245. The van der Waals surface area contributed by atoms with E-state index in [-0.39, 0.29) is 23.8 Å². The first-order valence-electron chi connectivity index (χ1n) is 9.61. The monoisotopic (exact) mass is 432 g/mol. The molecule has 0 unspecified atom stereocenters. The number of aromatic nitrogens is 1. The number of furan rings is 1. The van der Waals surface area contributed by atoms with Gasteiger partial charge in [0.25, 0.3) is 0 Å². The van der Waals surface area contributed by atoms with Crippen molar-refractivity contribution in [3.8, 4) is 11.4 Å². The van der Waals surface area contributed by atoms with Crippen LogP contribution in [0.2, 0.25) is 0 Å². The molecule has 160 valence electrons. The summed E-state index contributed by atoms with van der Waals surface area (Å²) >= 11 is 0. The van der Waals surface area contributed by atoms with Gasteiger partial charge in [-0.15, -0.1) is 0 Å². The van der Waals surface area contributed by atoms with Crippen molar-refractivity contribution in [1.29, 1.82) is 0 Å². The maximum atomic E-state index is 13.4. The number of halogens is 1. The number of hydrogen-bond donors (Lipinski definition) is 0. The van der Waals surface area contributed by atoms with Crippen LogP contribution in [0.1, 0.15) is 21.9 Å². The molecule has 0 N–H and O–H groups in total. The second-order valence-corrected chi connectivity index (χ2v) is 6.80. The number of carbonyl (C=O) groups excluding carboxylic acids is 1. The smallest absolute Gasteiger partial charge is 0.311 e. The van der Waals surface area contributed by atoms with Crippen molar-refractivity contribution in [2.45, 2.75) is 6.61 Å². The van der Waals surface area contributed by atoms with Gasteiger partial charge in [-0.3, -0.25) is 14.9 Å². The topological polar surface area (TPSA) is 87.5 Å². The predicted molar refractivity (Wildman–Crippen MR) is 115 cm³/mol. The largest absolute Gasteiger partial charge is 0.479 e. The normalized spacial score (nSPS) is 11.0. The van der Waals surface area contributed by atoms with E-state index in [1.807, 2.05) is 41.2 Å². The zero-order valence-electron chi connectivity index (χ0n) is 16.7. The molecule has 32 heavy (non-hydrogen) atoms. The van der Waals surface area contributed by atoms with E-state index >= 15 is 0 Å². The number of allylic oxidation sites excluding steroid dienone is 1. The van der Waals surface area contributed by atoms with Gasteiger partial charge in [0.1, 0.15) is 23.9 Å². The first kappa shape index (κ1) is 20.8. The summed E-state index contributed by atoms with van der Waals surface area (Å²) in [6.07, 6.45) is 6.75. The fourth-order valence-corrected chi connectivity index (χ4v) is 3.02. The van der Waals surface area contributed by atoms with Crippen LogP contribution in [0.15, 0.2) is 89.6 Å². The third-order valence-corrected chi connectivity index (χ3v) is 4.62. The summed E-state index contributed by atoms with van der Waals surface area (Å²) in [5.41, 5.74) is 1.14. The Morgan fingerprint density at radius 2 is 1.84 bits per heavy atom. The molecule has 0 saturated carbocycles. The Hall–Kier alpha value is -4.46. The van der Waals surface area contributed by atoms with E-state index < -0.39 is 10.7 Å². The van der Waals surface area contributed by atoms with Crippen molar-refractivity contribution in [2.24, 2.45) is 0 Å². The Morgan fingerprint density at radius 3 is 2.56 bits per heavy atom. The number of ether oxygens (including phenoxy) is 1. The molecule has 0 fully saturated rings. The van der Waals surface area contributed by atoms with Gasteiger partial charge in [0.2, 0.25) is 0 Å². The number of nitrogens with zero attached hydrogens (tertiary/aromatic N) is 2. The lowest BCUT2D eigenvalue weighted by Crippen LogP contribution is -1.99. The molecule has 2 heterocycles. The number of ketones is 1. The Morgan fingerprint density at radius 1 is 1.09 bits per heavy atom. The highest BCUT2D eigenvalue weighted by molar-refractivity contribution is 6.06. The molecule has 7 nitrogen and oxygen atoms in total. The summed E-state index contributed by atoms with van der Waals surface area (Å²) in [6.45, 7) is -0.132. The number of nitro benzene ring substituents is 1. The first-order chi connectivity index (χ1) is 15.5. The molecule has 2 aromatic heterocycles. The summed E-state index contributed by atoms with van der Waals surface area (Å²) in [7, 11) is 0. The Balaban J connectivity index is 1.38. The highest BCUT2D eigenvalue weighted by atomic mass is 19.1. The molecule has 0 aliphatic heterocycles. The van der Waals surface area contributed by atoms with Crippen molar-refractivity contribution >= 4 is 17.5 Å². The number of benzene rings is 2. The van der Waals surface area contributed by atoms with E-state index in [9.17, 15) is 19.3 Å². The van der Waals surface area contributed by atoms with Crippen LogP contribution in [-0.4, -0.2) is 15.3 Å². The second kappa shape index (κ2) is 9.13. The highest BCUT2D eigenvalue weighted by Gasteiger charge is 2.16. The van der Waals surface area contributed by atoms with Gasteiger partial charge in [-0.1, -0.05) is 0 Å². The van der Waals surface area contributed by atoms with Gasteiger partial charge in [-0.2, -0.15) is 0 Å². The quantitative estimate of drug-likeness (QED) is 0.157. The van der Waals surface area contributed by atoms with Gasteiger partial charge in [-0.05, 0) is 66.7 Å². The minimum absolute atomic E-state index is 0.132. The molecule has 2 aromatic carbocycles. The van der Waals surface area contributed by atoms with Crippen LogP contribution in [0, 0.1) is 15.9 Å². The van der Waals surface area contributed by atoms with Crippen molar-refractivity contribution < 1.29 is 23.3 Å². The van der Waals surface area contributed by atoms with Gasteiger partial charge < -0.3 is 13.7 Å². The lowest BCUT2D eigenvalue weighted by Gasteiger charge is -2.05. The van der Waals surface area contributed by atoms with E-state index in [0.717, 1.165) is 23.9 Å². The van der Waals surface area contributed by atoms with Crippen LogP contribution >= 0.6 is 0 Å². The molecule has 0 radical (unpaired) electrons. The van der Waals surface area contributed by atoms with Gasteiger partial charge in [0, 0.05) is 35.8 Å². The Kier molecular flexibility index (Phi) is 5.94. The highest BCUT2D eigenvalue weighted by Crippen LogP contribution is 2.28. The van der Waals surface area contributed by atoms with Crippen molar-refractivity contribution in [3.05, 3.63) is 118 Å². The summed E-state index contributed by atoms with van der Waals surface area (Å²) in [5, 5.41) is 11.0. The molecule has 0 aliphatic carbocycles. The minimum atomic E-state index is -0.651. The number of hydrogen-bond acceptors (Lipinski definition) is 5. The van der Waals surface area contributed by atoms with E-state index in [2.05, 4.69) is 0 Å². The first-order valence-corrected chi connectivity index (χ1v) is 9.61. The lowest BCUT2D eigenvalue weighted by molar-refractivity contribution is -0.386. The zero-order chi connectivity index (χ0) is 22.5. The van der Waals surface area contributed by atoms with E-state index in [4.69, 9.17) is 9.15 Å². The molecule has 0 amide bonds. The number of rotatable bonds is 8. The summed E-state index contributed by atoms with van der Waals surface area (Å²) in [4.78, 5) is 22.8. The van der Waals surface area contributed by atoms with E-state index in [0.29, 0.717) is 17.1 Å². The molecular formula is C24H17FN2O5. The van der Waals surface area contributed by atoms with Crippen LogP contribution in [-0.2, 0) is 6.61 Å². The molecule has 0 bridgehead atoms. The molecule has 8 heteroatoms. The minimum Gasteiger partial charge on any atom is -0.479 e. The summed E-state index contributed by atoms with van der Waals surface area (Å²) < 4.78 is 26.2. The van der Waals surface area contributed by atoms with Gasteiger partial charge >= 0.3 is 5.69 Å². The van der Waals surface area contributed by atoms with Crippen LogP contribution in [0.3, 0.4) is 0 Å². The third-order valence-electron chi connectivity index (χ3n) is 4.62. The maximum absolute atomic E-state index is 13.4. The van der Waals surface area contributed by atoms with Crippen LogP contribution in [0.4, 0.5) is 10.1 Å². The van der Waals surface area contributed by atoms with E-state index in [1.165, 1.54) is 12.2 Å². The SMILES string of the molecule is O=C(/C=C/c1ccc(COc2cc(F)ccc2[N+](=O)[O-])o1)c1ccc(-n2cccc2)cc1.